The monoisotopic (exact) mass is 472 g/mol. The van der Waals surface area contributed by atoms with E-state index in [2.05, 4.69) is 60.6 Å². The number of aliphatic hydroxyl groups excluding tert-OH is 1. The van der Waals surface area contributed by atoms with Gasteiger partial charge in [0, 0.05) is 29.1 Å². The van der Waals surface area contributed by atoms with Gasteiger partial charge in [-0.3, -0.25) is 4.98 Å². The number of nitrogens with zero attached hydrogens (tertiary/aromatic N) is 1. The SMILES string of the molecule is CC1=C2C=C3CC(O)CCC3CC[C@]2(O)C2CC=C(c3ccc4ccncc4c3)C2(C)C1.CNC. The second-order valence-electron chi connectivity index (χ2n) is 11.4. The van der Waals surface area contributed by atoms with Crippen molar-refractivity contribution in [1.82, 2.24) is 10.3 Å². The molecular formula is C31H40N2O2. The first-order chi connectivity index (χ1) is 16.8. The lowest BCUT2D eigenvalue weighted by Crippen LogP contribution is -2.49. The van der Waals surface area contributed by atoms with Gasteiger partial charge in [0.25, 0.3) is 0 Å². The van der Waals surface area contributed by atoms with Crippen LogP contribution in [0.5, 0.6) is 0 Å². The Labute approximate surface area is 209 Å². The van der Waals surface area contributed by atoms with Crippen molar-refractivity contribution in [2.24, 2.45) is 17.3 Å². The smallest absolute Gasteiger partial charge is 0.0935 e. The molecule has 4 nitrogen and oxygen atoms in total. The summed E-state index contributed by atoms with van der Waals surface area (Å²) in [4.78, 5) is 4.32. The number of benzene rings is 1. The molecule has 0 amide bonds. The molecule has 2 aromatic rings. The molecule has 186 valence electrons. The quantitative estimate of drug-likeness (QED) is 0.490. The molecule has 3 N–H and O–H groups in total. The lowest BCUT2D eigenvalue weighted by Gasteiger charge is -2.50. The highest BCUT2D eigenvalue weighted by Gasteiger charge is 2.57. The first-order valence-electron chi connectivity index (χ1n) is 13.2. The van der Waals surface area contributed by atoms with Crippen LogP contribution in [0.25, 0.3) is 16.3 Å². The molecule has 1 heterocycles. The van der Waals surface area contributed by atoms with Crippen molar-refractivity contribution in [3.63, 3.8) is 0 Å². The standard InChI is InChI=1S/C29H33NO2.C2H7N/c1-18-16-28(2)25(21-4-3-20-10-12-30-17-23(20)13-21)7-8-27(28)29(32)11-9-19-5-6-24(31)14-22(19)15-26(18)29;1-3-2/h3-4,7,10,12-13,15,17,19,24,27,31-32H,5-6,8-9,11,14,16H2,1-2H3;3H,1-2H3/t19?,24?,27?,28?,29-;/m1./s1. The molecule has 1 aromatic carbocycles. The highest BCUT2D eigenvalue weighted by Crippen LogP contribution is 2.63. The van der Waals surface area contributed by atoms with Crippen LogP contribution in [-0.4, -0.2) is 41.0 Å². The molecule has 1 aromatic heterocycles. The fraction of sp³-hybridized carbons (Fsp3) is 0.516. The zero-order chi connectivity index (χ0) is 24.8. The van der Waals surface area contributed by atoms with Crippen LogP contribution in [0.1, 0.15) is 64.4 Å². The number of aliphatic hydroxyl groups is 2. The van der Waals surface area contributed by atoms with Crippen molar-refractivity contribution in [3.05, 3.63) is 71.1 Å². The summed E-state index contributed by atoms with van der Waals surface area (Å²) in [7, 11) is 3.75. The Morgan fingerprint density at radius 3 is 2.69 bits per heavy atom. The first-order valence-corrected chi connectivity index (χ1v) is 13.2. The molecule has 4 unspecified atom stereocenters. The molecule has 1 saturated carbocycles. The summed E-state index contributed by atoms with van der Waals surface area (Å²) in [6, 6.07) is 8.77. The molecule has 6 rings (SSSR count). The van der Waals surface area contributed by atoms with Crippen molar-refractivity contribution in [1.29, 1.82) is 0 Å². The molecule has 0 bridgehead atoms. The van der Waals surface area contributed by atoms with Crippen LogP contribution in [0.4, 0.5) is 0 Å². The Hall–Kier alpha value is -2.27. The van der Waals surface area contributed by atoms with Gasteiger partial charge in [-0.1, -0.05) is 42.4 Å². The van der Waals surface area contributed by atoms with E-state index in [0.717, 1.165) is 50.5 Å². The molecular weight excluding hydrogens is 432 g/mol. The molecule has 35 heavy (non-hydrogen) atoms. The van der Waals surface area contributed by atoms with Crippen LogP contribution in [0.15, 0.2) is 65.5 Å². The highest BCUT2D eigenvalue weighted by atomic mass is 16.3. The molecule has 5 atom stereocenters. The second-order valence-corrected chi connectivity index (χ2v) is 11.4. The largest absolute Gasteiger partial charge is 0.393 e. The molecule has 4 aliphatic rings. The van der Waals surface area contributed by atoms with Crippen LogP contribution in [0.2, 0.25) is 0 Å². The van der Waals surface area contributed by atoms with Gasteiger partial charge >= 0.3 is 0 Å². The van der Waals surface area contributed by atoms with Gasteiger partial charge in [-0.2, -0.15) is 0 Å². The molecule has 4 heteroatoms. The third-order valence-corrected chi connectivity index (χ3v) is 9.08. The third-order valence-electron chi connectivity index (χ3n) is 9.08. The molecule has 0 radical (unpaired) electrons. The average Bonchev–Trinajstić information content (AvgIpc) is 3.10. The topological polar surface area (TPSA) is 65.4 Å². The van der Waals surface area contributed by atoms with Gasteiger partial charge in [0.1, 0.15) is 0 Å². The van der Waals surface area contributed by atoms with Gasteiger partial charge in [-0.15, -0.1) is 0 Å². The summed E-state index contributed by atoms with van der Waals surface area (Å²) in [5.74, 6) is 0.705. The Bertz CT molecular complexity index is 1210. The fourth-order valence-corrected chi connectivity index (χ4v) is 7.52. The number of nitrogens with one attached hydrogen (secondary N) is 1. The number of hydrogen-bond donors (Lipinski definition) is 3. The summed E-state index contributed by atoms with van der Waals surface area (Å²) in [6.45, 7) is 4.59. The number of fused-ring (bicyclic) bond motifs is 5. The zero-order valence-corrected chi connectivity index (χ0v) is 21.6. The molecule has 4 aliphatic carbocycles. The third kappa shape index (κ3) is 4.10. The van der Waals surface area contributed by atoms with E-state index < -0.39 is 5.60 Å². The number of pyridine rings is 1. The van der Waals surface area contributed by atoms with Crippen molar-refractivity contribution < 1.29 is 10.2 Å². The van der Waals surface area contributed by atoms with E-state index in [0.29, 0.717) is 5.92 Å². The van der Waals surface area contributed by atoms with E-state index in [1.807, 2.05) is 26.5 Å². The maximum absolute atomic E-state index is 12.3. The predicted octanol–water partition coefficient (Wildman–Crippen LogP) is 5.81. The van der Waals surface area contributed by atoms with Gasteiger partial charge in [-0.25, -0.2) is 0 Å². The van der Waals surface area contributed by atoms with E-state index in [4.69, 9.17) is 0 Å². The van der Waals surface area contributed by atoms with E-state index in [1.165, 1.54) is 33.1 Å². The van der Waals surface area contributed by atoms with E-state index in [1.54, 1.807) is 0 Å². The van der Waals surface area contributed by atoms with Gasteiger partial charge < -0.3 is 15.5 Å². The van der Waals surface area contributed by atoms with E-state index >= 15 is 0 Å². The minimum absolute atomic E-state index is 0.0776. The minimum atomic E-state index is -0.789. The predicted molar refractivity (Wildman–Crippen MR) is 144 cm³/mol. The highest BCUT2D eigenvalue weighted by molar-refractivity contribution is 5.87. The Kier molecular flexibility index (Phi) is 6.50. The zero-order valence-electron chi connectivity index (χ0n) is 21.6. The Morgan fingerprint density at radius 2 is 1.89 bits per heavy atom. The lowest BCUT2D eigenvalue weighted by atomic mass is 9.56. The maximum Gasteiger partial charge on any atom is 0.0935 e. The van der Waals surface area contributed by atoms with Gasteiger partial charge in [0.05, 0.1) is 11.7 Å². The summed E-state index contributed by atoms with van der Waals surface area (Å²) >= 11 is 0. The van der Waals surface area contributed by atoms with Crippen molar-refractivity contribution in [2.75, 3.05) is 14.1 Å². The molecule has 0 saturated heterocycles. The molecule has 1 fully saturated rings. The van der Waals surface area contributed by atoms with Gasteiger partial charge in [0.15, 0.2) is 0 Å². The van der Waals surface area contributed by atoms with Crippen LogP contribution >= 0.6 is 0 Å². The van der Waals surface area contributed by atoms with Crippen LogP contribution in [0.3, 0.4) is 0 Å². The van der Waals surface area contributed by atoms with Crippen LogP contribution < -0.4 is 5.32 Å². The minimum Gasteiger partial charge on any atom is -0.393 e. The number of aromatic nitrogens is 1. The Morgan fingerprint density at radius 1 is 1.09 bits per heavy atom. The summed E-state index contributed by atoms with van der Waals surface area (Å²) in [5, 5.41) is 27.7. The first kappa shape index (κ1) is 24.4. The van der Waals surface area contributed by atoms with E-state index in [9.17, 15) is 10.2 Å². The second kappa shape index (κ2) is 9.31. The van der Waals surface area contributed by atoms with Crippen LogP contribution in [-0.2, 0) is 0 Å². The van der Waals surface area contributed by atoms with Gasteiger partial charge in [-0.05, 0) is 106 Å². The lowest BCUT2D eigenvalue weighted by molar-refractivity contribution is -0.0354. The van der Waals surface area contributed by atoms with Crippen LogP contribution in [0, 0.1) is 17.3 Å². The average molecular weight is 473 g/mol. The maximum atomic E-state index is 12.3. The summed E-state index contributed by atoms with van der Waals surface area (Å²) in [6.07, 6.45) is 14.7. The summed E-state index contributed by atoms with van der Waals surface area (Å²) in [5.41, 5.74) is 5.61. The number of allylic oxidation sites excluding steroid dienone is 3. The Balaban J connectivity index is 0.000000806. The molecule has 0 spiro atoms. The van der Waals surface area contributed by atoms with Crippen molar-refractivity contribution in [3.8, 4) is 0 Å². The molecule has 0 aliphatic heterocycles. The normalized spacial score (nSPS) is 34.1. The number of hydrogen-bond acceptors (Lipinski definition) is 4. The van der Waals surface area contributed by atoms with Crippen molar-refractivity contribution >= 4 is 16.3 Å². The van der Waals surface area contributed by atoms with Gasteiger partial charge in [0.2, 0.25) is 0 Å². The summed E-state index contributed by atoms with van der Waals surface area (Å²) < 4.78 is 0. The van der Waals surface area contributed by atoms with E-state index in [-0.39, 0.29) is 17.4 Å². The van der Waals surface area contributed by atoms with Crippen molar-refractivity contribution in [2.45, 2.75) is 70.5 Å². The number of rotatable bonds is 1. The fourth-order valence-electron chi connectivity index (χ4n) is 7.52.